The standard InChI is InChI=1S/C7H9N/c1-6-3-7(2,4-6)5-8/h1,3-4H2,2H3. The number of nitrogens with zero attached hydrogens (tertiary/aromatic N) is 1. The van der Waals surface area contributed by atoms with Crippen LogP contribution in [0.2, 0.25) is 0 Å². The highest BCUT2D eigenvalue weighted by molar-refractivity contribution is 5.21. The van der Waals surface area contributed by atoms with Gasteiger partial charge in [0.15, 0.2) is 0 Å². The van der Waals surface area contributed by atoms with Crippen LogP contribution < -0.4 is 0 Å². The predicted octanol–water partition coefficient (Wildman–Crippen LogP) is 1.87. The van der Waals surface area contributed by atoms with Crippen molar-refractivity contribution in [3.05, 3.63) is 12.2 Å². The first-order valence-electron chi connectivity index (χ1n) is 2.74. The third-order valence-electron chi connectivity index (χ3n) is 1.55. The summed E-state index contributed by atoms with van der Waals surface area (Å²) in [4.78, 5) is 0. The van der Waals surface area contributed by atoms with Crippen LogP contribution in [0.4, 0.5) is 0 Å². The van der Waals surface area contributed by atoms with Gasteiger partial charge in [0.05, 0.1) is 11.5 Å². The highest BCUT2D eigenvalue weighted by Crippen LogP contribution is 2.42. The van der Waals surface area contributed by atoms with E-state index in [1.165, 1.54) is 5.57 Å². The summed E-state index contributed by atoms with van der Waals surface area (Å²) in [6.45, 7) is 5.73. The van der Waals surface area contributed by atoms with Crippen molar-refractivity contribution in [1.82, 2.24) is 0 Å². The van der Waals surface area contributed by atoms with Crippen molar-refractivity contribution in [2.24, 2.45) is 5.41 Å². The quantitative estimate of drug-likeness (QED) is 0.433. The third kappa shape index (κ3) is 0.626. The Morgan fingerprint density at radius 3 is 2.38 bits per heavy atom. The average molecular weight is 107 g/mol. The molecule has 1 fully saturated rings. The van der Waals surface area contributed by atoms with Crippen LogP contribution in [-0.4, -0.2) is 0 Å². The zero-order chi connectivity index (χ0) is 6.20. The van der Waals surface area contributed by atoms with Crippen LogP contribution >= 0.6 is 0 Å². The Kier molecular flexibility index (Phi) is 0.907. The van der Waals surface area contributed by atoms with Gasteiger partial charge in [-0.1, -0.05) is 12.2 Å². The molecule has 0 atom stereocenters. The van der Waals surface area contributed by atoms with Gasteiger partial charge in [0.25, 0.3) is 0 Å². The number of rotatable bonds is 0. The highest BCUT2D eigenvalue weighted by Gasteiger charge is 2.34. The molecule has 0 unspecified atom stereocenters. The highest BCUT2D eigenvalue weighted by atomic mass is 14.4. The van der Waals surface area contributed by atoms with E-state index in [1.54, 1.807) is 0 Å². The van der Waals surface area contributed by atoms with Crippen LogP contribution in [-0.2, 0) is 0 Å². The second-order valence-electron chi connectivity index (χ2n) is 2.78. The van der Waals surface area contributed by atoms with E-state index >= 15 is 0 Å². The fourth-order valence-electron chi connectivity index (χ4n) is 1.13. The monoisotopic (exact) mass is 107 g/mol. The molecule has 1 aliphatic carbocycles. The van der Waals surface area contributed by atoms with E-state index < -0.39 is 0 Å². The Labute approximate surface area is 49.6 Å². The largest absolute Gasteiger partial charge is 0.198 e. The predicted molar refractivity (Wildman–Crippen MR) is 32.1 cm³/mol. The topological polar surface area (TPSA) is 23.8 Å². The second kappa shape index (κ2) is 1.35. The summed E-state index contributed by atoms with van der Waals surface area (Å²) in [5.74, 6) is 0. The minimum absolute atomic E-state index is 0.0584. The summed E-state index contributed by atoms with van der Waals surface area (Å²) in [7, 11) is 0. The van der Waals surface area contributed by atoms with Gasteiger partial charge in [-0.05, 0) is 19.8 Å². The number of hydrogen-bond donors (Lipinski definition) is 0. The number of allylic oxidation sites excluding steroid dienone is 1. The third-order valence-corrected chi connectivity index (χ3v) is 1.55. The van der Waals surface area contributed by atoms with E-state index in [9.17, 15) is 0 Å². The molecule has 1 rings (SSSR count). The molecule has 1 aliphatic rings. The van der Waals surface area contributed by atoms with Gasteiger partial charge in [-0.25, -0.2) is 0 Å². The van der Waals surface area contributed by atoms with Crippen molar-refractivity contribution >= 4 is 0 Å². The van der Waals surface area contributed by atoms with Crippen molar-refractivity contribution in [3.8, 4) is 6.07 Å². The Bertz CT molecular complexity index is 154. The molecule has 0 bridgehead atoms. The van der Waals surface area contributed by atoms with Crippen LogP contribution in [0.1, 0.15) is 19.8 Å². The van der Waals surface area contributed by atoms with Crippen LogP contribution in [0.3, 0.4) is 0 Å². The molecule has 0 heterocycles. The molecule has 0 aromatic heterocycles. The molecular formula is C7H9N. The molecule has 0 radical (unpaired) electrons. The maximum atomic E-state index is 8.47. The van der Waals surface area contributed by atoms with Gasteiger partial charge in [0.2, 0.25) is 0 Å². The van der Waals surface area contributed by atoms with Crippen LogP contribution in [0, 0.1) is 16.7 Å². The molecule has 42 valence electrons. The van der Waals surface area contributed by atoms with E-state index in [-0.39, 0.29) is 5.41 Å². The van der Waals surface area contributed by atoms with Crippen molar-refractivity contribution in [2.75, 3.05) is 0 Å². The van der Waals surface area contributed by atoms with Crippen LogP contribution in [0.15, 0.2) is 12.2 Å². The van der Waals surface area contributed by atoms with Crippen molar-refractivity contribution < 1.29 is 0 Å². The number of nitriles is 1. The molecule has 0 amide bonds. The molecule has 0 aliphatic heterocycles. The Morgan fingerprint density at radius 1 is 1.75 bits per heavy atom. The lowest BCUT2D eigenvalue weighted by Crippen LogP contribution is -2.25. The van der Waals surface area contributed by atoms with Gasteiger partial charge in [-0.15, -0.1) is 0 Å². The summed E-state index contributed by atoms with van der Waals surface area (Å²) >= 11 is 0. The summed E-state index contributed by atoms with van der Waals surface area (Å²) in [5.41, 5.74) is 1.16. The lowest BCUT2D eigenvalue weighted by molar-refractivity contribution is 0.339. The molecule has 0 saturated heterocycles. The zero-order valence-corrected chi connectivity index (χ0v) is 5.07. The minimum Gasteiger partial charge on any atom is -0.198 e. The molecule has 1 heteroatoms. The van der Waals surface area contributed by atoms with Gasteiger partial charge >= 0.3 is 0 Å². The fourth-order valence-corrected chi connectivity index (χ4v) is 1.13. The van der Waals surface area contributed by atoms with Gasteiger partial charge in [0, 0.05) is 0 Å². The molecule has 1 saturated carbocycles. The summed E-state index contributed by atoms with van der Waals surface area (Å²) in [6.07, 6.45) is 1.81. The van der Waals surface area contributed by atoms with E-state index in [2.05, 4.69) is 12.6 Å². The van der Waals surface area contributed by atoms with E-state index in [1.807, 2.05) is 6.92 Å². The molecule has 0 aromatic carbocycles. The molecule has 0 aromatic rings. The lowest BCUT2D eigenvalue weighted by atomic mass is 9.69. The normalized spacial score (nSPS) is 23.8. The summed E-state index contributed by atoms with van der Waals surface area (Å²) in [6, 6.07) is 2.25. The molecule has 0 spiro atoms. The molecule has 1 nitrogen and oxygen atoms in total. The Morgan fingerprint density at radius 2 is 2.25 bits per heavy atom. The Balaban J connectivity index is 2.56. The zero-order valence-electron chi connectivity index (χ0n) is 5.07. The minimum atomic E-state index is -0.0584. The second-order valence-corrected chi connectivity index (χ2v) is 2.78. The van der Waals surface area contributed by atoms with Gasteiger partial charge < -0.3 is 0 Å². The maximum absolute atomic E-state index is 8.47. The van der Waals surface area contributed by atoms with Gasteiger partial charge in [-0.2, -0.15) is 5.26 Å². The van der Waals surface area contributed by atoms with E-state index in [0.717, 1.165) is 12.8 Å². The van der Waals surface area contributed by atoms with Crippen molar-refractivity contribution in [1.29, 1.82) is 5.26 Å². The number of hydrogen-bond acceptors (Lipinski definition) is 1. The Hall–Kier alpha value is -0.770. The average Bonchev–Trinajstić information content (AvgIpc) is 1.63. The maximum Gasteiger partial charge on any atom is 0.0693 e. The van der Waals surface area contributed by atoms with Gasteiger partial charge in [0.1, 0.15) is 0 Å². The van der Waals surface area contributed by atoms with Crippen LogP contribution in [0.5, 0.6) is 0 Å². The van der Waals surface area contributed by atoms with Gasteiger partial charge in [-0.3, -0.25) is 0 Å². The summed E-state index contributed by atoms with van der Waals surface area (Å²) in [5, 5.41) is 8.47. The first-order valence-corrected chi connectivity index (χ1v) is 2.74. The smallest absolute Gasteiger partial charge is 0.0693 e. The molecule has 8 heavy (non-hydrogen) atoms. The van der Waals surface area contributed by atoms with E-state index in [0.29, 0.717) is 0 Å². The first kappa shape index (κ1) is 5.37. The fraction of sp³-hybridized carbons (Fsp3) is 0.571. The van der Waals surface area contributed by atoms with Crippen LogP contribution in [0.25, 0.3) is 0 Å². The molecule has 0 N–H and O–H groups in total. The lowest BCUT2D eigenvalue weighted by Gasteiger charge is -2.33. The van der Waals surface area contributed by atoms with E-state index in [4.69, 9.17) is 5.26 Å². The SMILES string of the molecule is C=C1CC(C)(C#N)C1. The first-order chi connectivity index (χ1) is 3.66. The summed E-state index contributed by atoms with van der Waals surface area (Å²) < 4.78 is 0. The van der Waals surface area contributed by atoms with Crippen molar-refractivity contribution in [2.45, 2.75) is 19.8 Å². The van der Waals surface area contributed by atoms with Crippen molar-refractivity contribution in [3.63, 3.8) is 0 Å². The molecular weight excluding hydrogens is 98.1 g/mol.